The van der Waals surface area contributed by atoms with Crippen LogP contribution in [0.15, 0.2) is 30.3 Å². The Morgan fingerprint density at radius 1 is 1.44 bits per heavy atom. The summed E-state index contributed by atoms with van der Waals surface area (Å²) in [7, 11) is 1.62. The summed E-state index contributed by atoms with van der Waals surface area (Å²) in [5.41, 5.74) is 2.32. The SMILES string of the molecule is CN(C(=O)CNC=S)C(C=O)Cc1ccccc1. The molecule has 18 heavy (non-hydrogen) atoms. The lowest BCUT2D eigenvalue weighted by Gasteiger charge is -2.23. The highest BCUT2D eigenvalue weighted by Gasteiger charge is 2.18. The molecule has 0 saturated heterocycles. The molecule has 0 aromatic heterocycles. The molecule has 0 aliphatic rings. The highest BCUT2D eigenvalue weighted by atomic mass is 32.1. The van der Waals surface area contributed by atoms with Crippen LogP contribution in [-0.4, -0.2) is 42.2 Å². The Labute approximate surface area is 112 Å². The van der Waals surface area contributed by atoms with Crippen LogP contribution in [0.5, 0.6) is 0 Å². The zero-order chi connectivity index (χ0) is 13.4. The lowest BCUT2D eigenvalue weighted by atomic mass is 10.1. The summed E-state index contributed by atoms with van der Waals surface area (Å²) in [5, 5.41) is 2.65. The van der Waals surface area contributed by atoms with Crippen LogP contribution in [0.1, 0.15) is 5.56 Å². The third-order valence-electron chi connectivity index (χ3n) is 2.67. The summed E-state index contributed by atoms with van der Waals surface area (Å²) in [6, 6.07) is 9.15. The Hall–Kier alpha value is -1.75. The summed E-state index contributed by atoms with van der Waals surface area (Å²) in [4.78, 5) is 24.3. The summed E-state index contributed by atoms with van der Waals surface area (Å²) in [6.45, 7) is 0.110. The van der Waals surface area contributed by atoms with Gasteiger partial charge in [-0.3, -0.25) is 4.79 Å². The quantitative estimate of drug-likeness (QED) is 0.584. The fourth-order valence-corrected chi connectivity index (χ4v) is 1.65. The van der Waals surface area contributed by atoms with Crippen molar-refractivity contribution in [2.24, 2.45) is 0 Å². The van der Waals surface area contributed by atoms with Crippen molar-refractivity contribution in [3.8, 4) is 0 Å². The van der Waals surface area contributed by atoms with Gasteiger partial charge in [0.25, 0.3) is 0 Å². The van der Waals surface area contributed by atoms with Gasteiger partial charge >= 0.3 is 0 Å². The van der Waals surface area contributed by atoms with Crippen LogP contribution in [0.2, 0.25) is 0 Å². The number of benzene rings is 1. The molecule has 1 atom stereocenters. The minimum atomic E-state index is -0.452. The third-order valence-corrected chi connectivity index (χ3v) is 2.84. The largest absolute Gasteiger partial charge is 0.373 e. The molecule has 0 saturated carbocycles. The molecule has 0 fully saturated rings. The first kappa shape index (κ1) is 14.3. The molecule has 1 amide bonds. The second-order valence-electron chi connectivity index (χ2n) is 3.90. The lowest BCUT2D eigenvalue weighted by molar-refractivity contribution is -0.133. The highest BCUT2D eigenvalue weighted by molar-refractivity contribution is 7.78. The number of aldehydes is 1. The molecule has 1 unspecified atom stereocenters. The maximum absolute atomic E-state index is 11.7. The minimum Gasteiger partial charge on any atom is -0.373 e. The van der Waals surface area contributed by atoms with E-state index in [2.05, 4.69) is 17.5 Å². The first-order valence-corrected chi connectivity index (χ1v) is 6.08. The standard InChI is InChI=1S/C13H16N2O2S/c1-15(13(17)8-14-10-18)12(9-16)7-11-5-3-2-4-6-11/h2-6,9-10,12H,7-8H2,1H3,(H,14,18). The van der Waals surface area contributed by atoms with Crippen molar-refractivity contribution in [2.45, 2.75) is 12.5 Å². The van der Waals surface area contributed by atoms with Gasteiger partial charge in [0.1, 0.15) is 6.29 Å². The molecule has 1 aromatic rings. The number of likely N-dealkylation sites (N-methyl/N-ethyl adjacent to an activating group) is 1. The number of amides is 1. The van der Waals surface area contributed by atoms with Crippen LogP contribution in [0, 0.1) is 0 Å². The van der Waals surface area contributed by atoms with Crippen molar-refractivity contribution < 1.29 is 9.59 Å². The monoisotopic (exact) mass is 264 g/mol. The first-order chi connectivity index (χ1) is 8.69. The van der Waals surface area contributed by atoms with E-state index >= 15 is 0 Å². The normalized spacial score (nSPS) is 11.4. The summed E-state index contributed by atoms with van der Waals surface area (Å²) < 4.78 is 0. The van der Waals surface area contributed by atoms with Gasteiger partial charge in [0, 0.05) is 7.05 Å². The van der Waals surface area contributed by atoms with E-state index in [0.717, 1.165) is 11.8 Å². The van der Waals surface area contributed by atoms with E-state index in [-0.39, 0.29) is 12.5 Å². The fourth-order valence-electron chi connectivity index (χ4n) is 1.57. The summed E-state index contributed by atoms with van der Waals surface area (Å²) in [5.74, 6) is -0.163. The topological polar surface area (TPSA) is 49.4 Å². The zero-order valence-electron chi connectivity index (χ0n) is 10.2. The maximum Gasteiger partial charge on any atom is 0.242 e. The predicted molar refractivity (Wildman–Crippen MR) is 74.4 cm³/mol. The molecule has 1 rings (SSSR count). The molecule has 0 aliphatic carbocycles. The number of nitrogens with zero attached hydrogens (tertiary/aromatic N) is 1. The van der Waals surface area contributed by atoms with E-state index in [1.54, 1.807) is 7.05 Å². The molecule has 0 aliphatic heterocycles. The minimum absolute atomic E-state index is 0.110. The number of carbonyl (C=O) groups excluding carboxylic acids is 2. The van der Waals surface area contributed by atoms with Gasteiger partial charge in [-0.1, -0.05) is 42.5 Å². The Kier molecular flexibility index (Phi) is 6.00. The van der Waals surface area contributed by atoms with E-state index in [9.17, 15) is 9.59 Å². The Morgan fingerprint density at radius 3 is 2.67 bits per heavy atom. The average Bonchev–Trinajstić information content (AvgIpc) is 2.42. The van der Waals surface area contributed by atoms with Crippen LogP contribution in [0.4, 0.5) is 0 Å². The number of nitrogens with one attached hydrogen (secondary N) is 1. The van der Waals surface area contributed by atoms with Crippen LogP contribution in [0.3, 0.4) is 0 Å². The van der Waals surface area contributed by atoms with Crippen LogP contribution in [0.25, 0.3) is 0 Å². The number of carbonyl (C=O) groups is 2. The molecule has 5 heteroatoms. The molecule has 0 spiro atoms. The third kappa shape index (κ3) is 4.25. The molecule has 1 N–H and O–H groups in total. The Balaban J connectivity index is 2.62. The Bertz CT molecular complexity index is 409. The van der Waals surface area contributed by atoms with Crippen LogP contribution in [-0.2, 0) is 16.0 Å². The Morgan fingerprint density at radius 2 is 2.11 bits per heavy atom. The molecule has 4 nitrogen and oxygen atoms in total. The van der Waals surface area contributed by atoms with Crippen molar-refractivity contribution in [3.63, 3.8) is 0 Å². The van der Waals surface area contributed by atoms with Gasteiger partial charge in [-0.05, 0) is 12.0 Å². The molecule has 0 bridgehead atoms. The van der Waals surface area contributed by atoms with E-state index < -0.39 is 6.04 Å². The summed E-state index contributed by atoms with van der Waals surface area (Å²) in [6.07, 6.45) is 1.31. The average molecular weight is 264 g/mol. The number of thiocarbonyl (C=S) groups is 1. The molecule has 0 radical (unpaired) electrons. The maximum atomic E-state index is 11.7. The van der Waals surface area contributed by atoms with Gasteiger partial charge in [-0.25, -0.2) is 0 Å². The molecule has 96 valence electrons. The second-order valence-corrected chi connectivity index (χ2v) is 4.13. The van der Waals surface area contributed by atoms with Gasteiger partial charge in [-0.2, -0.15) is 0 Å². The van der Waals surface area contributed by atoms with E-state index in [1.165, 1.54) is 10.4 Å². The molecule has 0 heterocycles. The fraction of sp³-hybridized carbons (Fsp3) is 0.308. The van der Waals surface area contributed by atoms with Crippen molar-refractivity contribution >= 4 is 29.9 Å². The number of hydrogen-bond acceptors (Lipinski definition) is 3. The van der Waals surface area contributed by atoms with E-state index in [4.69, 9.17) is 0 Å². The van der Waals surface area contributed by atoms with Gasteiger partial charge < -0.3 is 15.0 Å². The molecule has 1 aromatic carbocycles. The predicted octanol–water partition coefficient (Wildman–Crippen LogP) is 0.802. The van der Waals surface area contributed by atoms with Crippen LogP contribution < -0.4 is 5.32 Å². The van der Waals surface area contributed by atoms with Crippen molar-refractivity contribution in [1.29, 1.82) is 0 Å². The van der Waals surface area contributed by atoms with Crippen molar-refractivity contribution in [2.75, 3.05) is 13.6 Å². The first-order valence-electron chi connectivity index (χ1n) is 5.61. The zero-order valence-corrected chi connectivity index (χ0v) is 11.0. The van der Waals surface area contributed by atoms with E-state index in [1.807, 2.05) is 30.3 Å². The van der Waals surface area contributed by atoms with Gasteiger partial charge in [0.15, 0.2) is 0 Å². The smallest absolute Gasteiger partial charge is 0.242 e. The molecular weight excluding hydrogens is 248 g/mol. The van der Waals surface area contributed by atoms with Gasteiger partial charge in [0.2, 0.25) is 5.91 Å². The number of rotatable bonds is 7. The van der Waals surface area contributed by atoms with Crippen molar-refractivity contribution in [3.05, 3.63) is 35.9 Å². The lowest BCUT2D eigenvalue weighted by Crippen LogP contribution is -2.43. The van der Waals surface area contributed by atoms with Crippen molar-refractivity contribution in [1.82, 2.24) is 10.2 Å². The number of hydrogen-bond donors (Lipinski definition) is 1. The highest BCUT2D eigenvalue weighted by Crippen LogP contribution is 2.06. The second kappa shape index (κ2) is 7.55. The van der Waals surface area contributed by atoms with E-state index in [0.29, 0.717) is 6.42 Å². The van der Waals surface area contributed by atoms with Crippen LogP contribution >= 0.6 is 12.2 Å². The van der Waals surface area contributed by atoms with Gasteiger partial charge in [0.05, 0.1) is 18.1 Å². The van der Waals surface area contributed by atoms with Gasteiger partial charge in [-0.15, -0.1) is 0 Å². The summed E-state index contributed by atoms with van der Waals surface area (Å²) >= 11 is 4.58. The molecular formula is C13H16N2O2S.